The van der Waals surface area contributed by atoms with E-state index in [1.54, 1.807) is 24.4 Å². The molecule has 0 unspecified atom stereocenters. The van der Waals surface area contributed by atoms with Gasteiger partial charge < -0.3 is 5.11 Å². The molecule has 0 atom stereocenters. The first-order valence-corrected chi connectivity index (χ1v) is 9.09. The van der Waals surface area contributed by atoms with Gasteiger partial charge in [-0.15, -0.1) is 0 Å². The molecular weight excluding hydrogens is 370 g/mol. The van der Waals surface area contributed by atoms with Crippen LogP contribution < -0.4 is 0 Å². The van der Waals surface area contributed by atoms with Crippen LogP contribution in [0.3, 0.4) is 0 Å². The van der Waals surface area contributed by atoms with Crippen molar-refractivity contribution in [2.75, 3.05) is 0 Å². The average Bonchev–Trinajstić information content (AvgIpc) is 2.75. The fourth-order valence-electron chi connectivity index (χ4n) is 2.77. The van der Waals surface area contributed by atoms with E-state index in [9.17, 15) is 5.11 Å². The van der Waals surface area contributed by atoms with Gasteiger partial charge in [0.25, 0.3) is 0 Å². The van der Waals surface area contributed by atoms with Crippen LogP contribution in [0.4, 0.5) is 5.95 Å². The number of benzene rings is 3. The summed E-state index contributed by atoms with van der Waals surface area (Å²) in [5.41, 5.74) is 3.68. The number of phenolic OH excluding ortho intramolecular Hbond substituents is 1. The van der Waals surface area contributed by atoms with Gasteiger partial charge in [-0.1, -0.05) is 72.3 Å². The summed E-state index contributed by atoms with van der Waals surface area (Å²) >= 11 is 6.12. The van der Waals surface area contributed by atoms with Crippen LogP contribution in [0.5, 0.6) is 5.75 Å². The van der Waals surface area contributed by atoms with Crippen LogP contribution in [0.15, 0.2) is 89.9 Å². The predicted molar refractivity (Wildman–Crippen MR) is 113 cm³/mol. The maximum absolute atomic E-state index is 10.3. The lowest BCUT2D eigenvalue weighted by atomic mass is 10.1. The Bertz CT molecular complexity index is 1130. The number of aromatic hydroxyl groups is 1. The Kier molecular flexibility index (Phi) is 5.13. The van der Waals surface area contributed by atoms with E-state index in [4.69, 9.17) is 11.6 Å². The van der Waals surface area contributed by atoms with Gasteiger partial charge in [0.15, 0.2) is 0 Å². The molecule has 0 aliphatic rings. The zero-order chi connectivity index (χ0) is 19.3. The molecule has 0 aliphatic carbocycles. The van der Waals surface area contributed by atoms with Crippen molar-refractivity contribution in [3.63, 3.8) is 0 Å². The van der Waals surface area contributed by atoms with Gasteiger partial charge in [-0.05, 0) is 29.8 Å². The van der Waals surface area contributed by atoms with E-state index in [1.165, 1.54) is 0 Å². The van der Waals surface area contributed by atoms with Crippen molar-refractivity contribution in [3.8, 4) is 28.3 Å². The Labute approximate surface area is 167 Å². The lowest BCUT2D eigenvalue weighted by molar-refractivity contribution is 0.477. The van der Waals surface area contributed by atoms with Crippen LogP contribution in [-0.4, -0.2) is 21.3 Å². The fourth-order valence-corrected chi connectivity index (χ4v) is 2.94. The molecule has 1 heterocycles. The minimum atomic E-state index is 0.0973. The summed E-state index contributed by atoms with van der Waals surface area (Å²) in [6.07, 6.45) is 1.71. The molecule has 5 heteroatoms. The number of halogens is 1. The largest absolute Gasteiger partial charge is 0.507 e. The number of nitrogens with zero attached hydrogens (tertiary/aromatic N) is 3. The molecule has 0 bridgehead atoms. The normalized spacial score (nSPS) is 11.0. The van der Waals surface area contributed by atoms with Crippen LogP contribution >= 0.6 is 11.6 Å². The Morgan fingerprint density at radius 3 is 2.21 bits per heavy atom. The Hall–Kier alpha value is -3.50. The third kappa shape index (κ3) is 4.08. The lowest BCUT2D eigenvalue weighted by Crippen LogP contribution is -1.92. The second kappa shape index (κ2) is 8.03. The molecule has 0 saturated carbocycles. The predicted octanol–water partition coefficient (Wildman–Crippen LogP) is 5.92. The standard InChI is InChI=1S/C23H16ClN3O/c24-18-11-12-22(28)19(13-18)21-14-20(17-9-5-2-6-10-17)26-23(27-21)25-15-16-7-3-1-4-8-16/h1-15,28H. The first-order valence-electron chi connectivity index (χ1n) is 8.71. The van der Waals surface area contributed by atoms with Crippen LogP contribution in [0.2, 0.25) is 5.02 Å². The molecule has 0 fully saturated rings. The second-order valence-electron chi connectivity index (χ2n) is 6.13. The third-order valence-corrected chi connectivity index (χ3v) is 4.38. The second-order valence-corrected chi connectivity index (χ2v) is 6.57. The smallest absolute Gasteiger partial charge is 0.250 e. The zero-order valence-corrected chi connectivity index (χ0v) is 15.6. The molecule has 1 aromatic heterocycles. The summed E-state index contributed by atoms with van der Waals surface area (Å²) in [5.74, 6) is 0.402. The first-order chi connectivity index (χ1) is 13.7. The minimum Gasteiger partial charge on any atom is -0.507 e. The van der Waals surface area contributed by atoms with Crippen LogP contribution in [0.25, 0.3) is 22.5 Å². The van der Waals surface area contributed by atoms with Gasteiger partial charge in [-0.3, -0.25) is 0 Å². The van der Waals surface area contributed by atoms with Crippen LogP contribution in [0, 0.1) is 0 Å². The fraction of sp³-hybridized carbons (Fsp3) is 0. The highest BCUT2D eigenvalue weighted by Gasteiger charge is 2.12. The summed E-state index contributed by atoms with van der Waals surface area (Å²) in [5, 5.41) is 10.8. The van der Waals surface area contributed by atoms with Crippen molar-refractivity contribution in [2.45, 2.75) is 0 Å². The number of aromatic nitrogens is 2. The van der Waals surface area contributed by atoms with E-state index in [2.05, 4.69) is 15.0 Å². The quantitative estimate of drug-likeness (QED) is 0.443. The van der Waals surface area contributed by atoms with Crippen molar-refractivity contribution in [1.82, 2.24) is 9.97 Å². The molecule has 136 valence electrons. The van der Waals surface area contributed by atoms with Crippen LogP contribution in [-0.2, 0) is 0 Å². The monoisotopic (exact) mass is 385 g/mol. The SMILES string of the molecule is Oc1ccc(Cl)cc1-c1cc(-c2ccccc2)nc(N=Cc2ccccc2)n1. The summed E-state index contributed by atoms with van der Waals surface area (Å²) in [7, 11) is 0. The van der Waals surface area contributed by atoms with Crippen molar-refractivity contribution >= 4 is 23.8 Å². The number of rotatable bonds is 4. The molecule has 0 amide bonds. The molecule has 4 rings (SSSR count). The molecule has 4 aromatic rings. The van der Waals surface area contributed by atoms with Gasteiger partial charge in [0.2, 0.25) is 5.95 Å². The van der Waals surface area contributed by atoms with E-state index in [0.717, 1.165) is 11.1 Å². The number of hydrogen-bond acceptors (Lipinski definition) is 4. The van der Waals surface area contributed by atoms with E-state index in [1.807, 2.05) is 66.7 Å². The van der Waals surface area contributed by atoms with Gasteiger partial charge in [0.05, 0.1) is 11.4 Å². The molecule has 1 N–H and O–H groups in total. The highest BCUT2D eigenvalue weighted by atomic mass is 35.5. The molecule has 0 spiro atoms. The molecular formula is C23H16ClN3O. The topological polar surface area (TPSA) is 58.4 Å². The summed E-state index contributed by atoms with van der Waals surface area (Å²) in [4.78, 5) is 13.5. The van der Waals surface area contributed by atoms with Crippen molar-refractivity contribution < 1.29 is 5.11 Å². The number of hydrogen-bond donors (Lipinski definition) is 1. The maximum atomic E-state index is 10.3. The first kappa shape index (κ1) is 17.9. The molecule has 0 saturated heterocycles. The van der Waals surface area contributed by atoms with Crippen molar-refractivity contribution in [1.29, 1.82) is 0 Å². The highest BCUT2D eigenvalue weighted by molar-refractivity contribution is 6.31. The summed E-state index contributed by atoms with van der Waals surface area (Å²) in [6, 6.07) is 26.2. The van der Waals surface area contributed by atoms with Gasteiger partial charge in [-0.25, -0.2) is 15.0 Å². The molecule has 28 heavy (non-hydrogen) atoms. The Morgan fingerprint density at radius 2 is 1.46 bits per heavy atom. The molecule has 0 radical (unpaired) electrons. The Balaban J connectivity index is 1.84. The van der Waals surface area contributed by atoms with Gasteiger partial charge in [0, 0.05) is 22.4 Å². The van der Waals surface area contributed by atoms with Crippen LogP contribution in [0.1, 0.15) is 5.56 Å². The number of phenols is 1. The molecule has 0 aliphatic heterocycles. The lowest BCUT2D eigenvalue weighted by Gasteiger charge is -2.08. The van der Waals surface area contributed by atoms with E-state index in [0.29, 0.717) is 27.9 Å². The van der Waals surface area contributed by atoms with Gasteiger partial charge in [0.1, 0.15) is 5.75 Å². The third-order valence-electron chi connectivity index (χ3n) is 4.15. The number of aliphatic imine (C=N–C) groups is 1. The minimum absolute atomic E-state index is 0.0973. The van der Waals surface area contributed by atoms with Crippen molar-refractivity contribution in [2.24, 2.45) is 4.99 Å². The zero-order valence-electron chi connectivity index (χ0n) is 14.8. The Morgan fingerprint density at radius 1 is 0.786 bits per heavy atom. The van der Waals surface area contributed by atoms with Crippen molar-refractivity contribution in [3.05, 3.63) is 95.5 Å². The summed E-state index contributed by atoms with van der Waals surface area (Å²) in [6.45, 7) is 0. The average molecular weight is 386 g/mol. The molecule has 3 aromatic carbocycles. The molecule has 4 nitrogen and oxygen atoms in total. The van der Waals surface area contributed by atoms with E-state index < -0.39 is 0 Å². The maximum Gasteiger partial charge on any atom is 0.250 e. The van der Waals surface area contributed by atoms with E-state index in [-0.39, 0.29) is 5.75 Å². The summed E-state index contributed by atoms with van der Waals surface area (Å²) < 4.78 is 0. The van der Waals surface area contributed by atoms with E-state index >= 15 is 0 Å². The highest BCUT2D eigenvalue weighted by Crippen LogP contribution is 2.33. The van der Waals surface area contributed by atoms with Gasteiger partial charge in [-0.2, -0.15) is 0 Å². The van der Waals surface area contributed by atoms with Gasteiger partial charge >= 0.3 is 0 Å².